The van der Waals surface area contributed by atoms with Gasteiger partial charge in [0.2, 0.25) is 0 Å². The molecule has 1 aromatic heterocycles. The molecule has 8 nitrogen and oxygen atoms in total. The summed E-state index contributed by atoms with van der Waals surface area (Å²) in [5, 5.41) is 3.73. The normalized spacial score (nSPS) is 10.9. The molecule has 0 aliphatic heterocycles. The Balaban J connectivity index is 1.89. The monoisotopic (exact) mass is 424 g/mol. The number of anilines is 1. The van der Waals surface area contributed by atoms with Crippen molar-refractivity contribution in [1.82, 2.24) is 14.8 Å². The minimum absolute atomic E-state index is 0.164. The van der Waals surface area contributed by atoms with E-state index in [2.05, 4.69) is 10.3 Å². The number of rotatable bonds is 8. The van der Waals surface area contributed by atoms with Crippen LogP contribution in [0.1, 0.15) is 5.56 Å². The number of hydrogen-bond donors (Lipinski definition) is 2. The third-order valence-corrected chi connectivity index (χ3v) is 4.94. The van der Waals surface area contributed by atoms with Crippen molar-refractivity contribution in [3.63, 3.8) is 0 Å². The van der Waals surface area contributed by atoms with Gasteiger partial charge in [-0.25, -0.2) is 4.79 Å². The number of hydrogen-bond acceptors (Lipinski definition) is 5. The van der Waals surface area contributed by atoms with Crippen molar-refractivity contribution in [1.29, 1.82) is 0 Å². The van der Waals surface area contributed by atoms with Gasteiger partial charge < -0.3 is 29.6 Å². The summed E-state index contributed by atoms with van der Waals surface area (Å²) in [5.74, 6) is 1.27. The van der Waals surface area contributed by atoms with Crippen LogP contribution in [0.25, 0.3) is 10.9 Å². The van der Waals surface area contributed by atoms with Crippen molar-refractivity contribution in [3.8, 4) is 11.5 Å². The second kappa shape index (κ2) is 9.99. The number of para-hydroxylation sites is 2. The molecular weight excluding hydrogens is 396 g/mol. The van der Waals surface area contributed by atoms with Crippen molar-refractivity contribution in [3.05, 3.63) is 64.4 Å². The zero-order valence-electron chi connectivity index (χ0n) is 18.3. The lowest BCUT2D eigenvalue weighted by Crippen LogP contribution is -2.40. The molecule has 0 saturated heterocycles. The van der Waals surface area contributed by atoms with Crippen LogP contribution in [0.15, 0.2) is 53.3 Å². The van der Waals surface area contributed by atoms with E-state index in [1.165, 1.54) is 0 Å². The van der Waals surface area contributed by atoms with Gasteiger partial charge in [0.1, 0.15) is 11.5 Å². The van der Waals surface area contributed by atoms with E-state index in [9.17, 15) is 9.59 Å². The Morgan fingerprint density at radius 3 is 2.52 bits per heavy atom. The molecule has 3 aromatic rings. The molecule has 0 aliphatic carbocycles. The molecule has 1 heterocycles. The first-order chi connectivity index (χ1) is 14.9. The number of nitrogens with zero attached hydrogens (tertiary/aromatic N) is 2. The summed E-state index contributed by atoms with van der Waals surface area (Å²) in [4.78, 5) is 32.2. The van der Waals surface area contributed by atoms with Crippen LogP contribution in [0.2, 0.25) is 0 Å². The fourth-order valence-corrected chi connectivity index (χ4v) is 3.20. The third-order valence-electron chi connectivity index (χ3n) is 4.94. The second-order valence-electron chi connectivity index (χ2n) is 7.43. The number of H-pyrrole nitrogens is 1. The molecule has 0 radical (unpaired) electrons. The lowest BCUT2D eigenvalue weighted by molar-refractivity contribution is 0.202. The minimum Gasteiger partial charge on any atom is -0.497 e. The van der Waals surface area contributed by atoms with Crippen LogP contribution in [0.5, 0.6) is 11.5 Å². The molecular formula is C23H28N4O4. The zero-order chi connectivity index (χ0) is 22.4. The lowest BCUT2D eigenvalue weighted by Gasteiger charge is -2.25. The van der Waals surface area contributed by atoms with Crippen molar-refractivity contribution < 1.29 is 14.3 Å². The maximum Gasteiger partial charge on any atom is 0.322 e. The van der Waals surface area contributed by atoms with Crippen molar-refractivity contribution in [2.24, 2.45) is 0 Å². The van der Waals surface area contributed by atoms with Gasteiger partial charge in [-0.3, -0.25) is 4.79 Å². The van der Waals surface area contributed by atoms with Crippen LogP contribution in [0.3, 0.4) is 0 Å². The first-order valence-electron chi connectivity index (χ1n) is 9.95. The van der Waals surface area contributed by atoms with Crippen LogP contribution < -0.4 is 20.3 Å². The number of pyridine rings is 1. The van der Waals surface area contributed by atoms with Gasteiger partial charge >= 0.3 is 6.03 Å². The van der Waals surface area contributed by atoms with Gasteiger partial charge in [0, 0.05) is 29.6 Å². The summed E-state index contributed by atoms with van der Waals surface area (Å²) in [6, 6.07) is 14.2. The second-order valence-corrected chi connectivity index (χ2v) is 7.43. The molecule has 2 amide bonds. The molecule has 8 heteroatoms. The average molecular weight is 425 g/mol. The van der Waals surface area contributed by atoms with E-state index >= 15 is 0 Å². The van der Waals surface area contributed by atoms with Crippen LogP contribution in [-0.2, 0) is 6.54 Å². The summed E-state index contributed by atoms with van der Waals surface area (Å²) >= 11 is 0. The summed E-state index contributed by atoms with van der Waals surface area (Å²) in [7, 11) is 7.02. The van der Waals surface area contributed by atoms with E-state index in [-0.39, 0.29) is 18.1 Å². The number of aromatic amines is 1. The molecule has 0 fully saturated rings. The number of methoxy groups -OCH3 is 2. The maximum atomic E-state index is 13.1. The Morgan fingerprint density at radius 1 is 1.03 bits per heavy atom. The smallest absolute Gasteiger partial charge is 0.322 e. The van der Waals surface area contributed by atoms with Crippen molar-refractivity contribution in [2.75, 3.05) is 46.7 Å². The highest BCUT2D eigenvalue weighted by molar-refractivity contribution is 5.91. The molecule has 31 heavy (non-hydrogen) atoms. The summed E-state index contributed by atoms with van der Waals surface area (Å²) in [5.41, 5.74) is 1.56. The minimum atomic E-state index is -0.309. The van der Waals surface area contributed by atoms with Crippen LogP contribution in [0.4, 0.5) is 10.5 Å². The molecule has 0 bridgehead atoms. The predicted octanol–water partition coefficient (Wildman–Crippen LogP) is 3.14. The van der Waals surface area contributed by atoms with E-state index < -0.39 is 0 Å². The topological polar surface area (TPSA) is 86.9 Å². The quantitative estimate of drug-likeness (QED) is 0.580. The maximum absolute atomic E-state index is 13.1. The van der Waals surface area contributed by atoms with Gasteiger partial charge in [-0.15, -0.1) is 0 Å². The number of likely N-dealkylation sites (N-methyl/N-ethyl adjacent to an activating group) is 1. The van der Waals surface area contributed by atoms with Crippen molar-refractivity contribution >= 4 is 22.6 Å². The van der Waals surface area contributed by atoms with E-state index in [1.54, 1.807) is 49.5 Å². The Hall–Kier alpha value is -3.52. The first kappa shape index (κ1) is 22.2. The highest BCUT2D eigenvalue weighted by Crippen LogP contribution is 2.24. The van der Waals surface area contributed by atoms with E-state index in [0.717, 1.165) is 5.39 Å². The van der Waals surface area contributed by atoms with Crippen LogP contribution in [0, 0.1) is 0 Å². The number of amides is 2. The van der Waals surface area contributed by atoms with Gasteiger partial charge in [-0.1, -0.05) is 12.1 Å². The van der Waals surface area contributed by atoms with Crippen molar-refractivity contribution in [2.45, 2.75) is 6.54 Å². The van der Waals surface area contributed by atoms with Gasteiger partial charge in [0.25, 0.3) is 5.56 Å². The predicted molar refractivity (Wildman–Crippen MR) is 122 cm³/mol. The largest absolute Gasteiger partial charge is 0.497 e. The molecule has 0 spiro atoms. The number of fused-ring (bicyclic) bond motifs is 1. The van der Waals surface area contributed by atoms with E-state index in [0.29, 0.717) is 41.4 Å². The number of nitrogens with one attached hydrogen (secondary N) is 2. The number of urea groups is 1. The summed E-state index contributed by atoms with van der Waals surface area (Å²) in [6.45, 7) is 1.26. The standard InChI is InChI=1S/C23H28N4O4/c1-26(2)11-12-27(23(29)25-20-7-5-6-8-21(20)31-4)15-17-13-16-14-18(30-3)9-10-19(16)24-22(17)28/h5-10,13-14H,11-12,15H2,1-4H3,(H,24,28)(H,25,29). The first-order valence-corrected chi connectivity index (χ1v) is 9.95. The molecule has 0 saturated carbocycles. The third kappa shape index (κ3) is 5.55. The number of benzene rings is 2. The number of carbonyl (C=O) groups is 1. The Morgan fingerprint density at radius 2 is 1.81 bits per heavy atom. The van der Waals surface area contributed by atoms with Gasteiger partial charge in [0.15, 0.2) is 0 Å². The number of ether oxygens (including phenoxy) is 2. The lowest BCUT2D eigenvalue weighted by atomic mass is 10.1. The highest BCUT2D eigenvalue weighted by Gasteiger charge is 2.18. The fraction of sp³-hybridized carbons (Fsp3) is 0.304. The molecule has 164 valence electrons. The molecule has 2 aromatic carbocycles. The highest BCUT2D eigenvalue weighted by atomic mass is 16.5. The van der Waals surface area contributed by atoms with Gasteiger partial charge in [-0.2, -0.15) is 0 Å². The summed E-state index contributed by atoms with van der Waals surface area (Å²) < 4.78 is 10.6. The van der Waals surface area contributed by atoms with Gasteiger partial charge in [-0.05, 0) is 50.5 Å². The molecule has 0 atom stereocenters. The van der Waals surface area contributed by atoms with E-state index in [1.807, 2.05) is 37.2 Å². The average Bonchev–Trinajstić information content (AvgIpc) is 2.76. The Bertz CT molecular complexity index is 1110. The van der Waals surface area contributed by atoms with Crippen LogP contribution in [-0.4, -0.2) is 62.2 Å². The summed E-state index contributed by atoms with van der Waals surface area (Å²) in [6.07, 6.45) is 0. The van der Waals surface area contributed by atoms with E-state index in [4.69, 9.17) is 9.47 Å². The molecule has 2 N–H and O–H groups in total. The Labute approximate surface area is 181 Å². The Kier molecular flexibility index (Phi) is 7.15. The molecule has 0 unspecified atom stereocenters. The molecule has 3 rings (SSSR count). The zero-order valence-corrected chi connectivity index (χ0v) is 18.3. The van der Waals surface area contributed by atoms with Gasteiger partial charge in [0.05, 0.1) is 26.5 Å². The van der Waals surface area contributed by atoms with Crippen LogP contribution >= 0.6 is 0 Å². The molecule has 0 aliphatic rings. The fourth-order valence-electron chi connectivity index (χ4n) is 3.20. The number of aromatic nitrogens is 1. The SMILES string of the molecule is COc1ccc2[nH]c(=O)c(CN(CCN(C)C)C(=O)Nc3ccccc3OC)cc2c1. The number of carbonyl (C=O) groups excluding carboxylic acids is 1.